The summed E-state index contributed by atoms with van der Waals surface area (Å²) in [6, 6.07) is 63.2. The Kier molecular flexibility index (Phi) is 23.0. The molecule has 0 spiro atoms. The molecule has 0 atom stereocenters. The first-order chi connectivity index (χ1) is 54.6. The SMILES string of the molecule is [C-]#[N+]/C(C#N)=C1\C(=C\c2ccc(-c3cc4c(s3)-c3cc5c(cc3C4(c3ccc(CCCCCC)cc3)c3ccc(CCCCCC)cc3)-c3sc(-c4ccc(/C=C6\C(=O)c7cc(F)c(F)cc7\C6=C(\C#N)[N+]#[C-])[se]4)cc3C5(c3ccc(CCCCCC)cc3)c3ccc(CCCCCC)cc3)[se]2)C(=O)c2cc(F)c(F)cc21. The number of ketones is 2. The fourth-order valence-electron chi connectivity index (χ4n) is 17.3. The molecule has 4 heterocycles. The van der Waals surface area contributed by atoms with E-state index in [9.17, 15) is 28.9 Å². The fraction of sp³-hybridized carbons (Fsp3) is 0.265. The number of hydrogen-bond donors (Lipinski definition) is 0. The van der Waals surface area contributed by atoms with Gasteiger partial charge in [-0.25, -0.2) is 0 Å². The second-order valence-corrected chi connectivity index (χ2v) is 36.7. The molecule has 0 fully saturated rings. The number of thiophene rings is 2. The van der Waals surface area contributed by atoms with Crippen LogP contribution in [0.5, 0.6) is 0 Å². The first-order valence-electron chi connectivity index (χ1n) is 39.3. The van der Waals surface area contributed by atoms with Gasteiger partial charge in [0.25, 0.3) is 0 Å². The molecule has 0 radical (unpaired) electrons. The number of Topliss-reactive ketones (excluding diaryl/α,β-unsaturated/α-hetero) is 2. The van der Waals surface area contributed by atoms with E-state index in [1.54, 1.807) is 34.8 Å². The molecule has 0 N–H and O–H groups in total. The topological polar surface area (TPSA) is 90.4 Å². The fourth-order valence-corrected chi connectivity index (χ4v) is 24.2. The molecule has 0 aliphatic heterocycles. The molecule has 15 rings (SSSR count). The Labute approximate surface area is 674 Å². The predicted octanol–water partition coefficient (Wildman–Crippen LogP) is 25.9. The van der Waals surface area contributed by atoms with Crippen LogP contribution in [-0.4, -0.2) is 40.6 Å². The quantitative estimate of drug-likeness (QED) is 0.0122. The Morgan fingerprint density at radius 2 is 0.696 bits per heavy atom. The summed E-state index contributed by atoms with van der Waals surface area (Å²) in [5.74, 6) is -5.87. The molecular formula is C98H82F4N4O2S2Se2. The van der Waals surface area contributed by atoms with Crippen LogP contribution in [0, 0.1) is 59.1 Å². The van der Waals surface area contributed by atoms with Gasteiger partial charge in [-0.15, -0.1) is 0 Å². The van der Waals surface area contributed by atoms with Crippen molar-refractivity contribution in [1.29, 1.82) is 10.5 Å². The number of allylic oxidation sites excluding steroid dienone is 6. The van der Waals surface area contributed by atoms with Crippen molar-refractivity contribution in [1.82, 2.24) is 0 Å². The summed E-state index contributed by atoms with van der Waals surface area (Å²) in [5, 5.41) is 20.5. The van der Waals surface area contributed by atoms with E-state index in [-0.39, 0.29) is 55.9 Å². The number of hydrogen-bond acceptors (Lipinski definition) is 6. The van der Waals surface area contributed by atoms with Gasteiger partial charge in [0.1, 0.15) is 0 Å². The molecule has 0 unspecified atom stereocenters. The molecule has 0 saturated carbocycles. The number of fused-ring (bicyclic) bond motifs is 8. The maximum atomic E-state index is 15.0. The van der Waals surface area contributed by atoms with Gasteiger partial charge in [0.05, 0.1) is 0 Å². The van der Waals surface area contributed by atoms with Crippen LogP contribution in [-0.2, 0) is 36.5 Å². The maximum absolute atomic E-state index is 15.0. The second-order valence-electron chi connectivity index (χ2n) is 29.9. The van der Waals surface area contributed by atoms with Crippen LogP contribution in [0.3, 0.4) is 0 Å². The van der Waals surface area contributed by atoms with E-state index in [2.05, 4.69) is 171 Å². The van der Waals surface area contributed by atoms with Crippen molar-refractivity contribution in [2.75, 3.05) is 0 Å². The third-order valence-corrected chi connectivity index (χ3v) is 30.4. The summed E-state index contributed by atoms with van der Waals surface area (Å²) in [6.07, 6.45) is 25.6. The zero-order valence-corrected chi connectivity index (χ0v) is 68.3. The molecular weight excluding hydrogens is 1560 g/mol. The normalized spacial score (nSPS) is 15.5. The number of benzene rings is 7. The molecule has 11 aromatic rings. The van der Waals surface area contributed by atoms with Gasteiger partial charge >= 0.3 is 600 Å². The first-order valence-corrected chi connectivity index (χ1v) is 44.3. The number of carbonyl (C=O) groups is 2. The van der Waals surface area contributed by atoms with Crippen molar-refractivity contribution in [2.45, 2.75) is 167 Å². The Balaban J connectivity index is 0.969. The van der Waals surface area contributed by atoms with Crippen molar-refractivity contribution < 1.29 is 27.2 Å². The van der Waals surface area contributed by atoms with Gasteiger partial charge in [0.15, 0.2) is 0 Å². The van der Waals surface area contributed by atoms with Gasteiger partial charge in [0.2, 0.25) is 0 Å². The molecule has 4 aromatic heterocycles. The molecule has 4 aliphatic rings. The standard InChI is InChI=1S/C98H82F4N4O2S2Se2/c1-7-11-15-19-23-59-27-35-63(36-28-59)97(64-37-29-60(30-38-64)24-20-16-12-8-2)77-49-74-78(50-73(77)95-79(97)55-87(109-95)89-45-43-67(111-89)47-75-91(85(57-103)105-5)69-51-81(99)83(101)53-71(69)93(75)107)98(65-39-31-61(32-40-65)25-21-17-13-9-3,66-41-33-62(34-42-66)26-22-18-14-10-4)80-56-88(110-96(74)80)90-46-44-68(112-90)48-76-92(86(58-104)106-6)70-52-82(100)84(102)54-72(70)94(76)108/h27-56H,7-26H2,1-4H3/b75-47-,76-48-,91-85-,92-86+. The van der Waals surface area contributed by atoms with E-state index < -0.39 is 74.7 Å². The average Bonchev–Trinajstić information content (AvgIpc) is 1.50. The zero-order valence-electron chi connectivity index (χ0n) is 63.2. The number of nitrogens with zero attached hydrogens (tertiary/aromatic N) is 4. The summed E-state index contributed by atoms with van der Waals surface area (Å²) >= 11 is 2.72. The summed E-state index contributed by atoms with van der Waals surface area (Å²) in [7, 11) is 0. The van der Waals surface area contributed by atoms with Gasteiger partial charge in [0, 0.05) is 0 Å². The molecule has 4 aliphatic carbocycles. The number of nitriles is 2. The van der Waals surface area contributed by atoms with E-state index in [0.29, 0.717) is 0 Å². The molecule has 558 valence electrons. The summed E-state index contributed by atoms with van der Waals surface area (Å²) in [5.41, 5.74) is 14.1. The molecule has 0 amide bonds. The van der Waals surface area contributed by atoms with Crippen molar-refractivity contribution in [3.63, 3.8) is 0 Å². The van der Waals surface area contributed by atoms with Crippen molar-refractivity contribution >= 4 is 86.5 Å². The molecule has 6 nitrogen and oxygen atoms in total. The van der Waals surface area contributed by atoms with Crippen LogP contribution < -0.4 is 0 Å². The average molecular weight is 1650 g/mol. The molecule has 0 bridgehead atoms. The number of aryl methyl sites for hydroxylation is 4. The molecule has 0 saturated heterocycles. The number of unbranched alkanes of at least 4 members (excludes halogenated alkanes) is 12. The monoisotopic (exact) mass is 1650 g/mol. The number of rotatable bonds is 28. The summed E-state index contributed by atoms with van der Waals surface area (Å²) in [6.45, 7) is 24.9. The molecule has 14 heteroatoms. The van der Waals surface area contributed by atoms with Gasteiger partial charge in [-0.2, -0.15) is 0 Å². The Bertz CT molecular complexity index is 5350. The van der Waals surface area contributed by atoms with Gasteiger partial charge in [-0.05, 0) is 0 Å². The van der Waals surface area contributed by atoms with Gasteiger partial charge < -0.3 is 0 Å². The van der Waals surface area contributed by atoms with Crippen LogP contribution in [0.4, 0.5) is 17.6 Å². The van der Waals surface area contributed by atoms with Crippen LogP contribution in [0.25, 0.3) is 72.5 Å². The minimum absolute atomic E-state index is 0.00627. The zero-order chi connectivity index (χ0) is 78.0. The minimum atomic E-state index is -1.19. The Morgan fingerprint density at radius 1 is 0.393 bits per heavy atom. The predicted molar refractivity (Wildman–Crippen MR) is 449 cm³/mol. The third-order valence-electron chi connectivity index (χ3n) is 22.9. The van der Waals surface area contributed by atoms with Gasteiger partial charge in [-0.1, -0.05) is 79.1 Å². The van der Waals surface area contributed by atoms with E-state index >= 15 is 8.78 Å². The Hall–Kier alpha value is -10.1. The molecule has 112 heavy (non-hydrogen) atoms. The van der Waals surface area contributed by atoms with Gasteiger partial charge in [-0.3, -0.25) is 0 Å². The van der Waals surface area contributed by atoms with Crippen LogP contribution in [0.1, 0.15) is 238 Å². The first kappa shape index (κ1) is 77.2. The van der Waals surface area contributed by atoms with Crippen LogP contribution in [0.15, 0.2) is 192 Å². The van der Waals surface area contributed by atoms with Crippen molar-refractivity contribution in [3.05, 3.63) is 336 Å². The number of halogens is 4. The third kappa shape index (κ3) is 14.0. The van der Waals surface area contributed by atoms with Crippen LogP contribution in [0.2, 0.25) is 0 Å². The summed E-state index contributed by atoms with van der Waals surface area (Å²) < 4.78 is 63.7. The second kappa shape index (κ2) is 33.3. The van der Waals surface area contributed by atoms with E-state index in [4.69, 9.17) is 13.1 Å². The van der Waals surface area contributed by atoms with E-state index in [1.165, 1.54) is 59.1 Å². The van der Waals surface area contributed by atoms with Crippen molar-refractivity contribution in [3.8, 4) is 51.6 Å². The Morgan fingerprint density at radius 3 is 0.982 bits per heavy atom. The molecule has 7 aromatic carbocycles. The summed E-state index contributed by atoms with van der Waals surface area (Å²) in [4.78, 5) is 40.1. The number of carbonyl (C=O) groups excluding carboxylic acids is 2. The van der Waals surface area contributed by atoms with Crippen LogP contribution >= 0.6 is 22.7 Å². The van der Waals surface area contributed by atoms with Crippen molar-refractivity contribution in [2.24, 2.45) is 0 Å². The van der Waals surface area contributed by atoms with E-state index in [1.807, 2.05) is 24.3 Å². The van der Waals surface area contributed by atoms with E-state index in [0.717, 1.165) is 209 Å².